The van der Waals surface area contributed by atoms with Crippen LogP contribution in [0.3, 0.4) is 0 Å². The molecule has 0 bridgehead atoms. The van der Waals surface area contributed by atoms with Crippen molar-refractivity contribution >= 4 is 12.1 Å². The molecule has 1 aromatic carbocycles. The minimum atomic E-state index is -1.01. The molecule has 0 saturated carbocycles. The quantitative estimate of drug-likeness (QED) is 0.763. The third-order valence-corrected chi connectivity index (χ3v) is 2.24. The number of carboxylic acid groups (broad SMARTS) is 1. The zero-order valence-corrected chi connectivity index (χ0v) is 7.77. The summed E-state index contributed by atoms with van der Waals surface area (Å²) in [5.74, 6) is -1.01. The van der Waals surface area contributed by atoms with Gasteiger partial charge in [-0.25, -0.2) is 9.59 Å². The van der Waals surface area contributed by atoms with Crippen LogP contribution in [0.25, 0.3) is 0 Å². The predicted octanol–water partition coefficient (Wildman–Crippen LogP) is 1.17. The molecule has 1 atom stereocenters. The van der Waals surface area contributed by atoms with Crippen LogP contribution < -0.4 is 5.32 Å². The molecule has 0 spiro atoms. The van der Waals surface area contributed by atoms with E-state index < -0.39 is 12.1 Å². The average Bonchev–Trinajstić information content (AvgIpc) is 2.65. The molecule has 5 heteroatoms. The van der Waals surface area contributed by atoms with Crippen molar-refractivity contribution in [3.8, 4) is 0 Å². The highest BCUT2D eigenvalue weighted by Gasteiger charge is 2.26. The van der Waals surface area contributed by atoms with E-state index in [9.17, 15) is 9.59 Å². The lowest BCUT2D eigenvalue weighted by Gasteiger charge is -2.10. The van der Waals surface area contributed by atoms with Crippen molar-refractivity contribution in [2.45, 2.75) is 6.04 Å². The highest BCUT2D eigenvalue weighted by Crippen LogP contribution is 2.21. The predicted molar refractivity (Wildman–Crippen MR) is 50.6 cm³/mol. The number of rotatable bonds is 2. The van der Waals surface area contributed by atoms with E-state index in [4.69, 9.17) is 9.84 Å². The molecule has 0 aliphatic carbocycles. The molecule has 1 aromatic rings. The molecule has 0 aromatic heterocycles. The molecule has 78 valence electrons. The highest BCUT2D eigenvalue weighted by atomic mass is 16.6. The Morgan fingerprint density at radius 1 is 1.47 bits per heavy atom. The molecule has 1 amide bonds. The maximum Gasteiger partial charge on any atom is 0.407 e. The van der Waals surface area contributed by atoms with Gasteiger partial charge in [-0.3, -0.25) is 0 Å². The Morgan fingerprint density at radius 2 is 2.20 bits per heavy atom. The van der Waals surface area contributed by atoms with Crippen molar-refractivity contribution in [2.75, 3.05) is 6.61 Å². The molecule has 2 rings (SSSR count). The maximum atomic E-state index is 10.9. The van der Waals surface area contributed by atoms with E-state index in [1.807, 2.05) is 0 Å². The van der Waals surface area contributed by atoms with E-state index in [1.165, 1.54) is 6.07 Å². The summed E-state index contributed by atoms with van der Waals surface area (Å²) in [4.78, 5) is 21.7. The van der Waals surface area contributed by atoms with Crippen LogP contribution >= 0.6 is 0 Å². The van der Waals surface area contributed by atoms with E-state index >= 15 is 0 Å². The van der Waals surface area contributed by atoms with Gasteiger partial charge in [0.2, 0.25) is 0 Å². The van der Waals surface area contributed by atoms with Crippen molar-refractivity contribution in [3.63, 3.8) is 0 Å². The second kappa shape index (κ2) is 3.61. The summed E-state index contributed by atoms with van der Waals surface area (Å²) >= 11 is 0. The largest absolute Gasteiger partial charge is 0.478 e. The van der Waals surface area contributed by atoms with Crippen molar-refractivity contribution in [3.05, 3.63) is 35.4 Å². The second-order valence-electron chi connectivity index (χ2n) is 3.19. The van der Waals surface area contributed by atoms with Gasteiger partial charge in [0, 0.05) is 0 Å². The first-order valence-electron chi connectivity index (χ1n) is 4.44. The minimum Gasteiger partial charge on any atom is -0.478 e. The van der Waals surface area contributed by atoms with E-state index in [0.717, 1.165) is 0 Å². The number of nitrogens with one attached hydrogen (secondary N) is 1. The Balaban J connectivity index is 2.35. The molecular weight excluding hydrogens is 198 g/mol. The fourth-order valence-electron chi connectivity index (χ4n) is 1.55. The third kappa shape index (κ3) is 1.76. The molecule has 1 saturated heterocycles. The molecular formula is C10H9NO4. The molecule has 1 heterocycles. The molecule has 0 unspecified atom stereocenters. The van der Waals surface area contributed by atoms with Crippen molar-refractivity contribution in [2.24, 2.45) is 0 Å². The van der Waals surface area contributed by atoms with Crippen LogP contribution in [0.4, 0.5) is 4.79 Å². The van der Waals surface area contributed by atoms with E-state index in [1.54, 1.807) is 18.2 Å². The summed E-state index contributed by atoms with van der Waals surface area (Å²) in [6, 6.07) is 6.17. The molecule has 1 fully saturated rings. The Bertz CT molecular complexity index is 416. The summed E-state index contributed by atoms with van der Waals surface area (Å²) < 4.78 is 4.71. The summed E-state index contributed by atoms with van der Waals surface area (Å²) in [5.41, 5.74) is 0.754. The van der Waals surface area contributed by atoms with Gasteiger partial charge in [0.1, 0.15) is 6.61 Å². The van der Waals surface area contributed by atoms with Gasteiger partial charge in [-0.2, -0.15) is 0 Å². The topological polar surface area (TPSA) is 75.6 Å². The number of benzene rings is 1. The molecule has 5 nitrogen and oxygen atoms in total. The highest BCUT2D eigenvalue weighted by molar-refractivity contribution is 5.89. The summed E-state index contributed by atoms with van der Waals surface area (Å²) in [5, 5.41) is 11.5. The van der Waals surface area contributed by atoms with Crippen molar-refractivity contribution < 1.29 is 19.4 Å². The van der Waals surface area contributed by atoms with Crippen molar-refractivity contribution in [1.29, 1.82) is 0 Å². The number of amides is 1. The number of carbonyl (C=O) groups excluding carboxylic acids is 1. The lowest BCUT2D eigenvalue weighted by Crippen LogP contribution is -2.20. The van der Waals surface area contributed by atoms with Crippen LogP contribution in [-0.4, -0.2) is 23.8 Å². The van der Waals surface area contributed by atoms with E-state index in [0.29, 0.717) is 5.56 Å². The van der Waals surface area contributed by atoms with Crippen molar-refractivity contribution in [1.82, 2.24) is 5.32 Å². The van der Waals surface area contributed by atoms with Crippen LogP contribution in [0, 0.1) is 0 Å². The van der Waals surface area contributed by atoms with Crippen LogP contribution in [0.1, 0.15) is 22.0 Å². The van der Waals surface area contributed by atoms with Gasteiger partial charge in [0.25, 0.3) is 0 Å². The average molecular weight is 207 g/mol. The number of ether oxygens (including phenoxy) is 1. The second-order valence-corrected chi connectivity index (χ2v) is 3.19. The standard InChI is InChI=1S/C10H9NO4/c12-9(13)7-4-2-1-3-6(7)8-5-15-10(14)11-8/h1-4,8H,5H2,(H,11,14)(H,12,13)/t8-/m0/s1. The minimum absolute atomic E-state index is 0.170. The Kier molecular flexibility index (Phi) is 2.29. The van der Waals surface area contributed by atoms with Gasteiger partial charge < -0.3 is 15.2 Å². The lowest BCUT2D eigenvalue weighted by molar-refractivity contribution is 0.0695. The van der Waals surface area contributed by atoms with Gasteiger partial charge in [-0.1, -0.05) is 18.2 Å². The van der Waals surface area contributed by atoms with Gasteiger partial charge in [-0.05, 0) is 11.6 Å². The van der Waals surface area contributed by atoms with Gasteiger partial charge >= 0.3 is 12.1 Å². The molecule has 1 aliphatic rings. The summed E-state index contributed by atoms with van der Waals surface area (Å²) in [6.45, 7) is 0.170. The molecule has 15 heavy (non-hydrogen) atoms. The van der Waals surface area contributed by atoms with E-state index in [2.05, 4.69) is 5.32 Å². The number of hydrogen-bond donors (Lipinski definition) is 2. The summed E-state index contributed by atoms with van der Waals surface area (Å²) in [6.07, 6.45) is -0.514. The maximum absolute atomic E-state index is 10.9. The molecule has 1 aliphatic heterocycles. The molecule has 2 N–H and O–H groups in total. The Morgan fingerprint density at radius 3 is 2.80 bits per heavy atom. The number of alkyl carbamates (subject to hydrolysis) is 1. The van der Waals surface area contributed by atoms with Gasteiger partial charge in [-0.15, -0.1) is 0 Å². The number of hydrogen-bond acceptors (Lipinski definition) is 3. The fraction of sp³-hybridized carbons (Fsp3) is 0.200. The third-order valence-electron chi connectivity index (χ3n) is 2.24. The number of carbonyl (C=O) groups is 2. The SMILES string of the molecule is O=C1N[C@H](c2ccccc2C(=O)O)CO1. The first-order chi connectivity index (χ1) is 7.18. The van der Waals surface area contributed by atoms with Crippen LogP contribution in [-0.2, 0) is 4.74 Å². The fourth-order valence-corrected chi connectivity index (χ4v) is 1.55. The van der Waals surface area contributed by atoms with Crippen LogP contribution in [0.2, 0.25) is 0 Å². The van der Waals surface area contributed by atoms with Gasteiger partial charge in [0.05, 0.1) is 11.6 Å². The Hall–Kier alpha value is -2.04. The first-order valence-corrected chi connectivity index (χ1v) is 4.44. The first kappa shape index (κ1) is 9.51. The Labute approximate surface area is 85.7 Å². The monoisotopic (exact) mass is 207 g/mol. The number of carboxylic acids is 1. The van der Waals surface area contributed by atoms with Gasteiger partial charge in [0.15, 0.2) is 0 Å². The normalized spacial score (nSPS) is 19.5. The number of cyclic esters (lactones) is 1. The van der Waals surface area contributed by atoms with Crippen LogP contribution in [0.5, 0.6) is 0 Å². The van der Waals surface area contributed by atoms with Crippen LogP contribution in [0.15, 0.2) is 24.3 Å². The smallest absolute Gasteiger partial charge is 0.407 e. The van der Waals surface area contributed by atoms with E-state index in [-0.39, 0.29) is 18.2 Å². The zero-order chi connectivity index (χ0) is 10.8. The summed E-state index contributed by atoms with van der Waals surface area (Å²) in [7, 11) is 0. The zero-order valence-electron chi connectivity index (χ0n) is 7.77. The molecule has 0 radical (unpaired) electrons. The lowest BCUT2D eigenvalue weighted by atomic mass is 10.0. The number of aromatic carboxylic acids is 1.